The fourth-order valence-corrected chi connectivity index (χ4v) is 0.562. The molecule has 4 heteroatoms. The minimum Gasteiger partial charge on any atom is -0.473 e. The van der Waals surface area contributed by atoms with E-state index in [1.54, 1.807) is 13.0 Å². The number of aliphatic hydroxyl groups is 1. The van der Waals surface area contributed by atoms with Crippen LogP contribution in [0, 0.1) is 6.92 Å². The van der Waals surface area contributed by atoms with E-state index in [2.05, 4.69) is 5.16 Å². The molecule has 4 nitrogen and oxygen atoms in total. The van der Waals surface area contributed by atoms with Gasteiger partial charge >= 0.3 is 0 Å². The average Bonchev–Trinajstić information content (AvgIpc) is 2.31. The largest absolute Gasteiger partial charge is 0.473 e. The molecular formula is C6H9NO3. The normalized spacial score (nSPS) is 9.80. The van der Waals surface area contributed by atoms with E-state index >= 15 is 0 Å². The molecule has 0 radical (unpaired) electrons. The summed E-state index contributed by atoms with van der Waals surface area (Å²) in [5, 5.41) is 11.9. The number of aryl methyl sites for hydroxylation is 1. The predicted octanol–water partition coefficient (Wildman–Crippen LogP) is 0.354. The zero-order valence-electron chi connectivity index (χ0n) is 5.70. The SMILES string of the molecule is Cc1cc(OCCO)no1. The molecule has 0 amide bonds. The van der Waals surface area contributed by atoms with Crippen LogP contribution in [-0.4, -0.2) is 23.5 Å². The Bertz CT molecular complexity index is 197. The Balaban J connectivity index is 2.42. The van der Waals surface area contributed by atoms with Crippen LogP contribution in [0.15, 0.2) is 10.6 Å². The monoisotopic (exact) mass is 143 g/mol. The summed E-state index contributed by atoms with van der Waals surface area (Å²) >= 11 is 0. The number of aromatic nitrogens is 1. The standard InChI is InChI=1S/C6H9NO3/c1-5-4-6(7-10-5)9-3-2-8/h4,8H,2-3H2,1H3. The van der Waals surface area contributed by atoms with E-state index in [0.29, 0.717) is 11.6 Å². The number of hydrogen-bond acceptors (Lipinski definition) is 4. The van der Waals surface area contributed by atoms with Crippen molar-refractivity contribution in [3.05, 3.63) is 11.8 Å². The van der Waals surface area contributed by atoms with Crippen LogP contribution in [0.25, 0.3) is 0 Å². The van der Waals surface area contributed by atoms with Gasteiger partial charge in [-0.15, -0.1) is 0 Å². The van der Waals surface area contributed by atoms with Crippen LogP contribution >= 0.6 is 0 Å². The first-order valence-electron chi connectivity index (χ1n) is 3.00. The van der Waals surface area contributed by atoms with Crippen molar-refractivity contribution in [2.24, 2.45) is 0 Å². The molecule has 1 aromatic heterocycles. The smallest absolute Gasteiger partial charge is 0.254 e. The molecule has 1 rings (SSSR count). The van der Waals surface area contributed by atoms with E-state index < -0.39 is 0 Å². The van der Waals surface area contributed by atoms with Crippen LogP contribution in [0.2, 0.25) is 0 Å². The second kappa shape index (κ2) is 3.22. The Labute approximate surface area is 58.4 Å². The van der Waals surface area contributed by atoms with Crippen molar-refractivity contribution in [3.63, 3.8) is 0 Å². The Morgan fingerprint density at radius 3 is 3.10 bits per heavy atom. The third-order valence-electron chi connectivity index (χ3n) is 0.948. The summed E-state index contributed by atoms with van der Waals surface area (Å²) in [4.78, 5) is 0. The van der Waals surface area contributed by atoms with Crippen LogP contribution in [0.1, 0.15) is 5.76 Å². The lowest BCUT2D eigenvalue weighted by molar-refractivity contribution is 0.190. The van der Waals surface area contributed by atoms with Crippen molar-refractivity contribution in [1.29, 1.82) is 0 Å². The molecule has 1 aromatic rings. The highest BCUT2D eigenvalue weighted by atomic mass is 16.5. The number of aliphatic hydroxyl groups excluding tert-OH is 1. The molecule has 1 N–H and O–H groups in total. The summed E-state index contributed by atoms with van der Waals surface area (Å²) in [7, 11) is 0. The lowest BCUT2D eigenvalue weighted by atomic mass is 10.5. The van der Waals surface area contributed by atoms with Gasteiger partial charge in [0.25, 0.3) is 5.88 Å². The molecule has 0 aromatic carbocycles. The van der Waals surface area contributed by atoms with E-state index in [0.717, 1.165) is 0 Å². The van der Waals surface area contributed by atoms with Gasteiger partial charge in [-0.25, -0.2) is 0 Å². The van der Waals surface area contributed by atoms with E-state index in [9.17, 15) is 0 Å². The first-order valence-corrected chi connectivity index (χ1v) is 3.00. The Hall–Kier alpha value is -1.03. The van der Waals surface area contributed by atoms with Crippen molar-refractivity contribution < 1.29 is 14.4 Å². The topological polar surface area (TPSA) is 55.5 Å². The molecule has 0 bridgehead atoms. The summed E-state index contributed by atoms with van der Waals surface area (Å²) in [6, 6.07) is 1.66. The van der Waals surface area contributed by atoms with Crippen molar-refractivity contribution in [1.82, 2.24) is 5.16 Å². The molecule has 0 unspecified atom stereocenters. The summed E-state index contributed by atoms with van der Waals surface area (Å²) in [5.74, 6) is 1.12. The molecule has 0 saturated carbocycles. The maximum atomic E-state index is 8.35. The zero-order chi connectivity index (χ0) is 7.40. The van der Waals surface area contributed by atoms with Crippen molar-refractivity contribution >= 4 is 0 Å². The van der Waals surface area contributed by atoms with Crippen LogP contribution in [0.3, 0.4) is 0 Å². The second-order valence-electron chi connectivity index (χ2n) is 1.85. The number of rotatable bonds is 3. The first kappa shape index (κ1) is 7.08. The van der Waals surface area contributed by atoms with Gasteiger partial charge in [-0.2, -0.15) is 0 Å². The molecule has 0 saturated heterocycles. The van der Waals surface area contributed by atoms with E-state index in [-0.39, 0.29) is 13.2 Å². The average molecular weight is 143 g/mol. The lowest BCUT2D eigenvalue weighted by Crippen LogP contribution is -2.01. The highest BCUT2D eigenvalue weighted by molar-refractivity contribution is 5.09. The molecule has 1 heterocycles. The number of nitrogens with zero attached hydrogens (tertiary/aromatic N) is 1. The van der Waals surface area contributed by atoms with Crippen LogP contribution in [0.4, 0.5) is 0 Å². The minimum atomic E-state index is -0.00803. The van der Waals surface area contributed by atoms with E-state index in [4.69, 9.17) is 14.4 Å². The van der Waals surface area contributed by atoms with Crippen molar-refractivity contribution in [2.75, 3.05) is 13.2 Å². The van der Waals surface area contributed by atoms with Gasteiger partial charge in [-0.3, -0.25) is 0 Å². The zero-order valence-corrected chi connectivity index (χ0v) is 5.70. The summed E-state index contributed by atoms with van der Waals surface area (Å²) in [5.41, 5.74) is 0. The summed E-state index contributed by atoms with van der Waals surface area (Å²) < 4.78 is 9.63. The Morgan fingerprint density at radius 2 is 2.60 bits per heavy atom. The molecule has 0 aliphatic carbocycles. The summed E-state index contributed by atoms with van der Waals surface area (Å²) in [6.07, 6.45) is 0. The van der Waals surface area contributed by atoms with Gasteiger partial charge in [0.2, 0.25) is 0 Å². The third kappa shape index (κ3) is 1.73. The second-order valence-corrected chi connectivity index (χ2v) is 1.85. The fourth-order valence-electron chi connectivity index (χ4n) is 0.562. The first-order chi connectivity index (χ1) is 4.83. The summed E-state index contributed by atoms with van der Waals surface area (Å²) in [6.45, 7) is 2.02. The predicted molar refractivity (Wildman–Crippen MR) is 33.8 cm³/mol. The molecule has 0 fully saturated rings. The molecule has 0 atom stereocenters. The van der Waals surface area contributed by atoms with Gasteiger partial charge in [-0.1, -0.05) is 0 Å². The number of ether oxygens (including phenoxy) is 1. The minimum absolute atomic E-state index is 0.00803. The van der Waals surface area contributed by atoms with Gasteiger partial charge in [-0.05, 0) is 12.1 Å². The molecule has 0 aliphatic heterocycles. The molecule has 0 aliphatic rings. The fraction of sp³-hybridized carbons (Fsp3) is 0.500. The Morgan fingerprint density at radius 1 is 1.80 bits per heavy atom. The third-order valence-corrected chi connectivity index (χ3v) is 0.948. The van der Waals surface area contributed by atoms with Crippen LogP contribution < -0.4 is 4.74 Å². The highest BCUT2D eigenvalue weighted by Crippen LogP contribution is 2.08. The van der Waals surface area contributed by atoms with Crippen LogP contribution in [-0.2, 0) is 0 Å². The van der Waals surface area contributed by atoms with Crippen molar-refractivity contribution in [3.8, 4) is 5.88 Å². The Kier molecular flexibility index (Phi) is 2.28. The maximum absolute atomic E-state index is 8.35. The quantitative estimate of drug-likeness (QED) is 0.663. The van der Waals surface area contributed by atoms with Gasteiger partial charge in [0, 0.05) is 6.07 Å². The van der Waals surface area contributed by atoms with E-state index in [1.165, 1.54) is 0 Å². The number of hydrogen-bond donors (Lipinski definition) is 1. The van der Waals surface area contributed by atoms with E-state index in [1.807, 2.05) is 0 Å². The molecule has 56 valence electrons. The molecular weight excluding hydrogens is 134 g/mol. The van der Waals surface area contributed by atoms with Crippen LogP contribution in [0.5, 0.6) is 5.88 Å². The van der Waals surface area contributed by atoms with Crippen molar-refractivity contribution in [2.45, 2.75) is 6.92 Å². The van der Waals surface area contributed by atoms with Gasteiger partial charge < -0.3 is 14.4 Å². The molecule has 0 spiro atoms. The van der Waals surface area contributed by atoms with Gasteiger partial charge in [0.05, 0.1) is 6.61 Å². The lowest BCUT2D eigenvalue weighted by Gasteiger charge is -1.94. The maximum Gasteiger partial charge on any atom is 0.254 e. The van der Waals surface area contributed by atoms with Gasteiger partial charge in [0.1, 0.15) is 12.4 Å². The molecule has 10 heavy (non-hydrogen) atoms. The van der Waals surface area contributed by atoms with Gasteiger partial charge in [0.15, 0.2) is 0 Å². The highest BCUT2D eigenvalue weighted by Gasteiger charge is 1.98.